The van der Waals surface area contributed by atoms with Gasteiger partial charge in [-0.15, -0.1) is 0 Å². The molecule has 0 spiro atoms. The maximum atomic E-state index is 12.6. The Morgan fingerprint density at radius 2 is 1.60 bits per heavy atom. The second-order valence-electron chi connectivity index (χ2n) is 9.96. The number of ether oxygens (including phenoxy) is 2. The largest absolute Gasteiger partial charge is 0.457 e. The molecule has 0 radical (unpaired) electrons. The van der Waals surface area contributed by atoms with Gasteiger partial charge in [-0.05, 0) is 85.6 Å². The molecule has 0 aliphatic heterocycles. The maximum Gasteiger partial charge on any atom is 0.379 e. The normalized spacial score (nSPS) is 11.4. The second kappa shape index (κ2) is 11.7. The minimum Gasteiger partial charge on any atom is -0.457 e. The van der Waals surface area contributed by atoms with Crippen LogP contribution in [0.25, 0.3) is 16.8 Å². The Kier molecular flexibility index (Phi) is 8.14. The van der Waals surface area contributed by atoms with Crippen LogP contribution in [-0.2, 0) is 16.1 Å². The number of esters is 2. The van der Waals surface area contributed by atoms with Gasteiger partial charge in [0.15, 0.2) is 0 Å². The number of rotatable bonds is 8. The van der Waals surface area contributed by atoms with E-state index < -0.39 is 17.5 Å². The lowest BCUT2D eigenvalue weighted by Gasteiger charge is -2.17. The molecule has 0 saturated carbocycles. The van der Waals surface area contributed by atoms with E-state index in [1.54, 1.807) is 93.6 Å². The summed E-state index contributed by atoms with van der Waals surface area (Å²) in [6.07, 6.45) is 2.95. The van der Waals surface area contributed by atoms with Crippen LogP contribution in [0.1, 0.15) is 58.6 Å². The van der Waals surface area contributed by atoms with Crippen LogP contribution in [0.3, 0.4) is 0 Å². The van der Waals surface area contributed by atoms with E-state index in [4.69, 9.17) is 25.0 Å². The molecule has 0 bridgehead atoms. The van der Waals surface area contributed by atoms with Gasteiger partial charge in [-0.3, -0.25) is 10.2 Å². The molecule has 4 rings (SSSR count). The van der Waals surface area contributed by atoms with Crippen LogP contribution >= 0.6 is 0 Å². The van der Waals surface area contributed by atoms with E-state index in [1.807, 2.05) is 0 Å². The third kappa shape index (κ3) is 7.44. The van der Waals surface area contributed by atoms with E-state index in [0.717, 1.165) is 16.3 Å². The monoisotopic (exact) mass is 539 g/mol. The van der Waals surface area contributed by atoms with Crippen molar-refractivity contribution in [3.8, 4) is 5.75 Å². The fraction of sp³-hybridized carbons (Fsp3) is 0.161. The molecule has 0 fully saturated rings. The summed E-state index contributed by atoms with van der Waals surface area (Å²) < 4.78 is 16.2. The molecule has 1 aromatic heterocycles. The van der Waals surface area contributed by atoms with Gasteiger partial charge in [-0.1, -0.05) is 30.3 Å². The van der Waals surface area contributed by atoms with Gasteiger partial charge in [0.2, 0.25) is 5.76 Å². The van der Waals surface area contributed by atoms with Gasteiger partial charge in [0, 0.05) is 17.2 Å². The summed E-state index contributed by atoms with van der Waals surface area (Å²) >= 11 is 0. The number of carbonyl (C=O) groups is 3. The molecule has 9 heteroatoms. The van der Waals surface area contributed by atoms with Gasteiger partial charge < -0.3 is 24.9 Å². The van der Waals surface area contributed by atoms with Gasteiger partial charge >= 0.3 is 11.9 Å². The van der Waals surface area contributed by atoms with Crippen LogP contribution in [-0.4, -0.2) is 29.3 Å². The van der Waals surface area contributed by atoms with Crippen molar-refractivity contribution >= 4 is 40.5 Å². The molecule has 0 aliphatic carbocycles. The number of amides is 1. The number of nitrogens with two attached hydrogens (primary N) is 1. The van der Waals surface area contributed by atoms with E-state index in [9.17, 15) is 14.4 Å². The molecule has 1 heterocycles. The molecule has 40 heavy (non-hydrogen) atoms. The number of amidine groups is 1. The Morgan fingerprint density at radius 1 is 0.925 bits per heavy atom. The van der Waals surface area contributed by atoms with Crippen molar-refractivity contribution in [3.63, 3.8) is 0 Å². The summed E-state index contributed by atoms with van der Waals surface area (Å²) in [5.74, 6) is -0.754. The number of carbonyl (C=O) groups excluding carboxylic acids is 3. The summed E-state index contributed by atoms with van der Waals surface area (Å²) in [4.78, 5) is 36.9. The standard InChI is InChI=1S/C31H29N3O6/c1-31(2,3)40-27(35)15-6-19-4-7-20(8-5-19)29(36)34-18-25-13-14-26(38-25)30(37)39-24-12-11-21-16-23(28(32)33)10-9-22(21)17-24/h4-17H,18H2,1-3H3,(H3,32,33)(H,34,36)/b15-6+. The zero-order valence-corrected chi connectivity index (χ0v) is 22.3. The predicted octanol–water partition coefficient (Wildman–Crippen LogP) is 5.22. The summed E-state index contributed by atoms with van der Waals surface area (Å²) in [7, 11) is 0. The van der Waals surface area contributed by atoms with E-state index in [2.05, 4.69) is 5.32 Å². The van der Waals surface area contributed by atoms with Crippen LogP contribution < -0.4 is 15.8 Å². The Balaban J connectivity index is 1.30. The molecule has 1 amide bonds. The SMILES string of the molecule is CC(C)(C)OC(=O)/C=C/c1ccc(C(=O)NCc2ccc(C(=O)Oc3ccc4cc(C(=N)N)ccc4c3)o2)cc1. The number of nitrogen functional groups attached to an aromatic ring is 1. The maximum absolute atomic E-state index is 12.6. The number of hydrogen-bond donors (Lipinski definition) is 3. The fourth-order valence-corrected chi connectivity index (χ4v) is 3.71. The van der Waals surface area contributed by atoms with Crippen molar-refractivity contribution in [3.05, 3.63) is 107 Å². The highest BCUT2D eigenvalue weighted by atomic mass is 16.6. The van der Waals surface area contributed by atoms with Gasteiger partial charge in [-0.25, -0.2) is 9.59 Å². The Labute approximate surface area is 231 Å². The third-order valence-electron chi connectivity index (χ3n) is 5.61. The summed E-state index contributed by atoms with van der Waals surface area (Å²) in [5.41, 5.74) is 6.74. The van der Waals surface area contributed by atoms with Crippen LogP contribution in [0.4, 0.5) is 0 Å². The van der Waals surface area contributed by atoms with Gasteiger partial charge in [0.05, 0.1) is 6.54 Å². The van der Waals surface area contributed by atoms with Gasteiger partial charge in [0.25, 0.3) is 5.91 Å². The Bertz CT molecular complexity index is 1610. The molecule has 4 N–H and O–H groups in total. The van der Waals surface area contributed by atoms with Gasteiger partial charge in [-0.2, -0.15) is 0 Å². The molecule has 0 saturated heterocycles. The molecule has 204 valence electrons. The molecular formula is C31H29N3O6. The first-order valence-corrected chi connectivity index (χ1v) is 12.5. The van der Waals surface area contributed by atoms with Crippen molar-refractivity contribution in [2.75, 3.05) is 0 Å². The Hall–Kier alpha value is -5.18. The van der Waals surface area contributed by atoms with Crippen molar-refractivity contribution in [1.29, 1.82) is 5.41 Å². The minimum atomic E-state index is -0.674. The van der Waals surface area contributed by atoms with Crippen LogP contribution in [0.5, 0.6) is 5.75 Å². The predicted molar refractivity (Wildman–Crippen MR) is 151 cm³/mol. The van der Waals surface area contributed by atoms with Crippen molar-refractivity contribution < 1.29 is 28.3 Å². The number of hydrogen-bond acceptors (Lipinski definition) is 7. The highest BCUT2D eigenvalue weighted by Crippen LogP contribution is 2.23. The lowest BCUT2D eigenvalue weighted by Crippen LogP contribution is -2.22. The van der Waals surface area contributed by atoms with Crippen molar-refractivity contribution in [1.82, 2.24) is 5.32 Å². The molecular weight excluding hydrogens is 510 g/mol. The Morgan fingerprint density at radius 3 is 2.30 bits per heavy atom. The average molecular weight is 540 g/mol. The number of nitrogens with one attached hydrogen (secondary N) is 2. The average Bonchev–Trinajstić information content (AvgIpc) is 3.39. The van der Waals surface area contributed by atoms with Crippen molar-refractivity contribution in [2.24, 2.45) is 5.73 Å². The topological polar surface area (TPSA) is 145 Å². The highest BCUT2D eigenvalue weighted by Gasteiger charge is 2.16. The quantitative estimate of drug-likeness (QED) is 0.0915. The smallest absolute Gasteiger partial charge is 0.379 e. The van der Waals surface area contributed by atoms with Gasteiger partial charge in [0.1, 0.15) is 22.9 Å². The lowest BCUT2D eigenvalue weighted by molar-refractivity contribution is -0.148. The first-order valence-electron chi connectivity index (χ1n) is 12.5. The minimum absolute atomic E-state index is 0.00241. The van der Waals surface area contributed by atoms with E-state index in [-0.39, 0.29) is 24.0 Å². The molecule has 0 atom stereocenters. The van der Waals surface area contributed by atoms with E-state index >= 15 is 0 Å². The molecule has 4 aromatic rings. The first kappa shape index (κ1) is 27.8. The number of furan rings is 1. The zero-order chi connectivity index (χ0) is 28.9. The second-order valence-corrected chi connectivity index (χ2v) is 9.96. The van der Waals surface area contributed by atoms with E-state index in [0.29, 0.717) is 22.6 Å². The van der Waals surface area contributed by atoms with Crippen LogP contribution in [0, 0.1) is 5.41 Å². The molecule has 0 aliphatic rings. The fourth-order valence-electron chi connectivity index (χ4n) is 3.71. The number of benzene rings is 3. The summed E-state index contributed by atoms with van der Waals surface area (Å²) in [6.45, 7) is 5.45. The van der Waals surface area contributed by atoms with Crippen LogP contribution in [0.2, 0.25) is 0 Å². The zero-order valence-electron chi connectivity index (χ0n) is 22.3. The lowest BCUT2D eigenvalue weighted by atomic mass is 10.1. The first-order chi connectivity index (χ1) is 19.0. The van der Waals surface area contributed by atoms with Crippen molar-refractivity contribution in [2.45, 2.75) is 32.9 Å². The number of fused-ring (bicyclic) bond motifs is 1. The molecule has 3 aromatic carbocycles. The summed E-state index contributed by atoms with van der Waals surface area (Å²) in [5, 5.41) is 12.0. The molecule has 9 nitrogen and oxygen atoms in total. The summed E-state index contributed by atoms with van der Waals surface area (Å²) in [6, 6.07) is 20.2. The molecule has 0 unspecified atom stereocenters. The van der Waals surface area contributed by atoms with Crippen LogP contribution in [0.15, 0.2) is 83.3 Å². The third-order valence-corrected chi connectivity index (χ3v) is 5.61. The highest BCUT2D eigenvalue weighted by molar-refractivity contribution is 5.99. The van der Waals surface area contributed by atoms with E-state index in [1.165, 1.54) is 12.1 Å².